The Morgan fingerprint density at radius 2 is 1.80 bits per heavy atom. The van der Waals surface area contributed by atoms with Crippen molar-refractivity contribution in [2.24, 2.45) is 5.92 Å². The number of halogens is 1. The van der Waals surface area contributed by atoms with Crippen molar-refractivity contribution in [1.82, 2.24) is 4.90 Å². The van der Waals surface area contributed by atoms with E-state index in [2.05, 4.69) is 32.6 Å². The second kappa shape index (κ2) is 9.61. The van der Waals surface area contributed by atoms with Gasteiger partial charge < -0.3 is 9.47 Å². The third-order valence-corrected chi connectivity index (χ3v) is 6.00. The molecule has 2 aromatic carbocycles. The molecule has 0 fully saturated rings. The molecule has 1 aliphatic rings. The van der Waals surface area contributed by atoms with Crippen LogP contribution in [0.15, 0.2) is 30.3 Å². The molecule has 0 radical (unpaired) electrons. The van der Waals surface area contributed by atoms with Gasteiger partial charge in [-0.25, -0.2) is 9.18 Å². The summed E-state index contributed by atoms with van der Waals surface area (Å²) in [7, 11) is 0. The Kier molecular flexibility index (Phi) is 7.14. The number of rotatable bonds is 8. The predicted octanol–water partition coefficient (Wildman–Crippen LogP) is 5.89. The van der Waals surface area contributed by atoms with Crippen LogP contribution in [-0.4, -0.2) is 23.5 Å². The van der Waals surface area contributed by atoms with E-state index in [1.807, 2.05) is 6.07 Å². The highest BCUT2D eigenvalue weighted by atomic mass is 19.1. The highest BCUT2D eigenvalue weighted by Gasteiger charge is 2.35. The molecule has 0 spiro atoms. The first-order valence-corrected chi connectivity index (χ1v) is 10.8. The average Bonchev–Trinajstić information content (AvgIpc) is 3.17. The maximum Gasteiger partial charge on any atom is 0.347 e. The Balaban J connectivity index is 2.03. The van der Waals surface area contributed by atoms with Crippen LogP contribution in [0.1, 0.15) is 67.6 Å². The van der Waals surface area contributed by atoms with Crippen LogP contribution in [0.3, 0.4) is 0 Å². The number of carbonyl (C=O) groups excluding carboxylic acids is 1. The van der Waals surface area contributed by atoms with Gasteiger partial charge in [-0.15, -0.1) is 0 Å². The number of hydrogen-bond donors (Lipinski definition) is 0. The summed E-state index contributed by atoms with van der Waals surface area (Å²) in [5, 5.41) is 0. The summed E-state index contributed by atoms with van der Waals surface area (Å²) in [6.45, 7) is 11.8. The van der Waals surface area contributed by atoms with Gasteiger partial charge in [-0.1, -0.05) is 45.4 Å². The molecule has 0 saturated carbocycles. The molecule has 2 aromatic rings. The van der Waals surface area contributed by atoms with Crippen molar-refractivity contribution in [3.05, 3.63) is 58.4 Å². The Morgan fingerprint density at radius 3 is 2.43 bits per heavy atom. The average molecular weight is 414 g/mol. The number of hydrogen-bond acceptors (Lipinski definition) is 4. The van der Waals surface area contributed by atoms with Gasteiger partial charge in [0.1, 0.15) is 22.9 Å². The zero-order valence-electron chi connectivity index (χ0n) is 18.6. The summed E-state index contributed by atoms with van der Waals surface area (Å²) < 4.78 is 27.0. The molecule has 1 aliphatic heterocycles. The minimum atomic E-state index is -0.581. The number of fused-ring (bicyclic) bond motifs is 1. The first-order chi connectivity index (χ1) is 14.3. The van der Waals surface area contributed by atoms with E-state index in [9.17, 15) is 4.79 Å². The quantitative estimate of drug-likeness (QED) is 0.307. The van der Waals surface area contributed by atoms with Crippen molar-refractivity contribution < 1.29 is 18.7 Å². The van der Waals surface area contributed by atoms with E-state index in [0.717, 1.165) is 18.4 Å². The summed E-state index contributed by atoms with van der Waals surface area (Å²) in [6, 6.07) is 9.15. The largest absolute Gasteiger partial charge is 0.492 e. The highest BCUT2D eigenvalue weighted by Crippen LogP contribution is 2.40. The van der Waals surface area contributed by atoms with Crippen molar-refractivity contribution in [3.8, 4) is 11.5 Å². The van der Waals surface area contributed by atoms with Crippen LogP contribution >= 0.6 is 0 Å². The lowest BCUT2D eigenvalue weighted by molar-refractivity contribution is 0.0728. The molecule has 0 aliphatic carbocycles. The Labute approximate surface area is 179 Å². The summed E-state index contributed by atoms with van der Waals surface area (Å²) in [4.78, 5) is 15.3. The lowest BCUT2D eigenvalue weighted by Crippen LogP contribution is -2.32. The molecule has 0 saturated heterocycles. The summed E-state index contributed by atoms with van der Waals surface area (Å²) in [6.07, 6.45) is 1.84. The fraction of sp³-hybridized carbons (Fsp3) is 0.480. The van der Waals surface area contributed by atoms with Gasteiger partial charge in [0.25, 0.3) is 0 Å². The fourth-order valence-electron chi connectivity index (χ4n) is 3.80. The smallest absolute Gasteiger partial charge is 0.347 e. The van der Waals surface area contributed by atoms with Crippen LogP contribution in [0.2, 0.25) is 0 Å². The molecule has 1 atom stereocenters. The molecular formula is C25H32FNO3. The Morgan fingerprint density at radius 1 is 1.13 bits per heavy atom. The first kappa shape index (κ1) is 22.3. The number of benzene rings is 2. The van der Waals surface area contributed by atoms with Gasteiger partial charge in [-0.05, 0) is 38.3 Å². The molecular weight excluding hydrogens is 381 g/mol. The van der Waals surface area contributed by atoms with Gasteiger partial charge in [-0.2, -0.15) is 0 Å². The predicted molar refractivity (Wildman–Crippen MR) is 116 cm³/mol. The van der Waals surface area contributed by atoms with E-state index in [0.29, 0.717) is 54.3 Å². The van der Waals surface area contributed by atoms with Crippen molar-refractivity contribution in [1.29, 1.82) is 0 Å². The van der Waals surface area contributed by atoms with E-state index in [-0.39, 0.29) is 11.4 Å². The zero-order chi connectivity index (χ0) is 21.8. The molecule has 0 N–H and O–H groups in total. The Hall–Kier alpha value is -2.40. The topological polar surface area (TPSA) is 38.8 Å². The molecule has 3 rings (SSSR count). The van der Waals surface area contributed by atoms with Gasteiger partial charge in [0.05, 0.1) is 6.61 Å². The SMILES string of the molecule is CCCCOc1c2c(c(F)c(C)c1C(=O)Oc1ccccc1)CN([C@@H](C)C(C)C)C2. The zero-order valence-corrected chi connectivity index (χ0v) is 18.6. The van der Waals surface area contributed by atoms with Gasteiger partial charge >= 0.3 is 5.97 Å². The molecule has 162 valence electrons. The van der Waals surface area contributed by atoms with Crippen LogP contribution in [0.25, 0.3) is 0 Å². The van der Waals surface area contributed by atoms with Crippen molar-refractivity contribution in [3.63, 3.8) is 0 Å². The van der Waals surface area contributed by atoms with E-state index < -0.39 is 5.97 Å². The van der Waals surface area contributed by atoms with E-state index in [4.69, 9.17) is 9.47 Å². The summed E-state index contributed by atoms with van der Waals surface area (Å²) >= 11 is 0. The third kappa shape index (κ3) is 4.51. The minimum Gasteiger partial charge on any atom is -0.492 e. The molecule has 1 heterocycles. The first-order valence-electron chi connectivity index (χ1n) is 10.8. The summed E-state index contributed by atoms with van der Waals surface area (Å²) in [5.41, 5.74) is 1.91. The highest BCUT2D eigenvalue weighted by molar-refractivity contribution is 5.96. The van der Waals surface area contributed by atoms with Crippen LogP contribution in [-0.2, 0) is 13.1 Å². The molecule has 30 heavy (non-hydrogen) atoms. The van der Waals surface area contributed by atoms with Crippen LogP contribution in [0, 0.1) is 18.7 Å². The minimum absolute atomic E-state index is 0.199. The second-order valence-corrected chi connectivity index (χ2v) is 8.39. The number of unbranched alkanes of at least 4 members (excludes halogenated alkanes) is 1. The lowest BCUT2D eigenvalue weighted by atomic mass is 9.98. The van der Waals surface area contributed by atoms with Gasteiger partial charge in [0, 0.05) is 35.8 Å². The van der Waals surface area contributed by atoms with Gasteiger partial charge in [0.2, 0.25) is 0 Å². The van der Waals surface area contributed by atoms with Crippen LogP contribution in [0.4, 0.5) is 4.39 Å². The van der Waals surface area contributed by atoms with E-state index in [1.165, 1.54) is 0 Å². The van der Waals surface area contributed by atoms with E-state index >= 15 is 4.39 Å². The number of esters is 1. The normalized spacial score (nSPS) is 14.6. The molecule has 0 unspecified atom stereocenters. The molecule has 0 bridgehead atoms. The Bertz CT molecular complexity index is 895. The van der Waals surface area contributed by atoms with Gasteiger partial charge in [-0.3, -0.25) is 4.90 Å². The maximum absolute atomic E-state index is 15.4. The summed E-state index contributed by atoms with van der Waals surface area (Å²) in [5.74, 6) is 0.443. The van der Waals surface area contributed by atoms with E-state index in [1.54, 1.807) is 31.2 Å². The number of nitrogens with zero attached hydrogens (tertiary/aromatic N) is 1. The number of carbonyl (C=O) groups is 1. The number of ether oxygens (including phenoxy) is 2. The molecule has 5 heteroatoms. The number of para-hydroxylation sites is 1. The lowest BCUT2D eigenvalue weighted by Gasteiger charge is -2.27. The van der Waals surface area contributed by atoms with Crippen molar-refractivity contribution in [2.45, 2.75) is 66.6 Å². The second-order valence-electron chi connectivity index (χ2n) is 8.39. The maximum atomic E-state index is 15.4. The monoisotopic (exact) mass is 413 g/mol. The van der Waals surface area contributed by atoms with Crippen molar-refractivity contribution in [2.75, 3.05) is 6.61 Å². The molecule has 4 nitrogen and oxygen atoms in total. The fourth-order valence-corrected chi connectivity index (χ4v) is 3.80. The van der Waals surface area contributed by atoms with Crippen LogP contribution < -0.4 is 9.47 Å². The third-order valence-electron chi connectivity index (χ3n) is 6.00. The van der Waals surface area contributed by atoms with Gasteiger partial charge in [0.15, 0.2) is 0 Å². The standard InChI is InChI=1S/C25H32FNO3/c1-6-7-13-29-24-21-15-27(18(5)16(2)3)14-20(21)23(26)17(4)22(24)25(28)30-19-11-9-8-10-12-19/h8-12,16,18H,6-7,13-15H2,1-5H3/t18-/m0/s1. The molecule has 0 amide bonds. The van der Waals surface area contributed by atoms with Crippen LogP contribution in [0.5, 0.6) is 11.5 Å². The van der Waals surface area contributed by atoms with Crippen molar-refractivity contribution >= 4 is 5.97 Å². The molecule has 0 aromatic heterocycles.